The molecule has 1 amide bonds. The van der Waals surface area contributed by atoms with E-state index in [0.717, 1.165) is 12.8 Å². The van der Waals surface area contributed by atoms with E-state index < -0.39 is 0 Å². The third-order valence-electron chi connectivity index (χ3n) is 2.88. The molecule has 3 N–H and O–H groups in total. The van der Waals surface area contributed by atoms with Gasteiger partial charge < -0.3 is 15.8 Å². The molecule has 0 spiro atoms. The summed E-state index contributed by atoms with van der Waals surface area (Å²) >= 11 is 0. The van der Waals surface area contributed by atoms with Crippen LogP contribution in [0.15, 0.2) is 0 Å². The van der Waals surface area contributed by atoms with E-state index in [-0.39, 0.29) is 17.0 Å². The molecule has 82 valence electrons. The first-order valence-corrected chi connectivity index (χ1v) is 5.00. The Morgan fingerprint density at radius 1 is 1.57 bits per heavy atom. The summed E-state index contributed by atoms with van der Waals surface area (Å²) in [5.41, 5.74) is 4.91. The van der Waals surface area contributed by atoms with Crippen molar-refractivity contribution in [3.8, 4) is 0 Å². The van der Waals surface area contributed by atoms with E-state index in [1.54, 1.807) is 0 Å². The highest BCUT2D eigenvalue weighted by Gasteiger charge is 2.40. The van der Waals surface area contributed by atoms with Crippen molar-refractivity contribution >= 4 is 5.91 Å². The predicted molar refractivity (Wildman–Crippen MR) is 54.9 cm³/mol. The standard InChI is InChI=1S/C10H20N2O2/c1-9(2)7-10(12-3,4-5-14-9)6-8(11)13/h12H,4-7H2,1-3H3,(H2,11,13). The Hall–Kier alpha value is -0.610. The summed E-state index contributed by atoms with van der Waals surface area (Å²) in [6.07, 6.45) is 2.05. The van der Waals surface area contributed by atoms with Gasteiger partial charge in [-0.3, -0.25) is 4.79 Å². The van der Waals surface area contributed by atoms with Crippen LogP contribution in [0.1, 0.15) is 33.1 Å². The van der Waals surface area contributed by atoms with E-state index in [1.165, 1.54) is 0 Å². The Labute approximate surface area is 85.2 Å². The fourth-order valence-electron chi connectivity index (χ4n) is 2.26. The molecule has 0 radical (unpaired) electrons. The molecule has 0 aromatic carbocycles. The van der Waals surface area contributed by atoms with Crippen LogP contribution in [-0.2, 0) is 9.53 Å². The molecule has 0 aliphatic carbocycles. The number of rotatable bonds is 3. The maximum Gasteiger partial charge on any atom is 0.219 e. The van der Waals surface area contributed by atoms with E-state index in [9.17, 15) is 4.79 Å². The van der Waals surface area contributed by atoms with Gasteiger partial charge in [-0.15, -0.1) is 0 Å². The summed E-state index contributed by atoms with van der Waals surface area (Å²) in [5.74, 6) is -0.253. The average Bonchev–Trinajstić information content (AvgIpc) is 2.01. The molecule has 0 aromatic rings. The number of hydrogen-bond acceptors (Lipinski definition) is 3. The largest absolute Gasteiger partial charge is 0.375 e. The van der Waals surface area contributed by atoms with Gasteiger partial charge in [-0.05, 0) is 33.7 Å². The lowest BCUT2D eigenvalue weighted by Gasteiger charge is -2.44. The Morgan fingerprint density at radius 2 is 2.21 bits per heavy atom. The molecule has 1 saturated heterocycles. The van der Waals surface area contributed by atoms with Crippen molar-refractivity contribution in [1.29, 1.82) is 0 Å². The molecule has 1 atom stereocenters. The van der Waals surface area contributed by atoms with Gasteiger partial charge in [-0.25, -0.2) is 0 Å². The minimum atomic E-state index is -0.253. The smallest absolute Gasteiger partial charge is 0.219 e. The molecule has 4 nitrogen and oxygen atoms in total. The zero-order valence-corrected chi connectivity index (χ0v) is 9.22. The maximum absolute atomic E-state index is 11.0. The second kappa shape index (κ2) is 3.87. The van der Waals surface area contributed by atoms with E-state index in [4.69, 9.17) is 10.5 Å². The Balaban J connectivity index is 2.73. The van der Waals surface area contributed by atoms with Gasteiger partial charge in [0.2, 0.25) is 5.91 Å². The van der Waals surface area contributed by atoms with Crippen molar-refractivity contribution in [3.05, 3.63) is 0 Å². The zero-order valence-electron chi connectivity index (χ0n) is 9.22. The summed E-state index contributed by atoms with van der Waals surface area (Å²) in [7, 11) is 1.88. The van der Waals surface area contributed by atoms with E-state index in [0.29, 0.717) is 13.0 Å². The van der Waals surface area contributed by atoms with Crippen LogP contribution in [0.5, 0.6) is 0 Å². The van der Waals surface area contributed by atoms with Crippen LogP contribution >= 0.6 is 0 Å². The molecule has 1 unspecified atom stereocenters. The first-order valence-electron chi connectivity index (χ1n) is 5.00. The van der Waals surface area contributed by atoms with Crippen molar-refractivity contribution < 1.29 is 9.53 Å². The SMILES string of the molecule is CNC1(CC(N)=O)CCOC(C)(C)C1. The predicted octanol–water partition coefficient (Wildman–Crippen LogP) is 0.409. The Bertz CT molecular complexity index is 228. The molecule has 1 aliphatic heterocycles. The first-order chi connectivity index (χ1) is 6.39. The van der Waals surface area contributed by atoms with Crippen LogP contribution in [-0.4, -0.2) is 30.7 Å². The number of nitrogens with one attached hydrogen (secondary N) is 1. The number of ether oxygens (including phenoxy) is 1. The third-order valence-corrected chi connectivity index (χ3v) is 2.88. The maximum atomic E-state index is 11.0. The first kappa shape index (κ1) is 11.5. The molecule has 1 aliphatic rings. The summed E-state index contributed by atoms with van der Waals surface area (Å²) in [5, 5.41) is 3.22. The van der Waals surface area contributed by atoms with Gasteiger partial charge in [-0.1, -0.05) is 0 Å². The molecular weight excluding hydrogens is 180 g/mol. The minimum Gasteiger partial charge on any atom is -0.375 e. The third kappa shape index (κ3) is 2.69. The van der Waals surface area contributed by atoms with Gasteiger partial charge >= 0.3 is 0 Å². The van der Waals surface area contributed by atoms with Crippen LogP contribution in [0.2, 0.25) is 0 Å². The molecule has 0 saturated carbocycles. The highest BCUT2D eigenvalue weighted by molar-refractivity contribution is 5.75. The quantitative estimate of drug-likeness (QED) is 0.693. The number of hydrogen-bond donors (Lipinski definition) is 2. The Kier molecular flexibility index (Phi) is 3.17. The lowest BCUT2D eigenvalue weighted by molar-refractivity contribution is -0.124. The lowest BCUT2D eigenvalue weighted by Crippen LogP contribution is -2.55. The monoisotopic (exact) mass is 200 g/mol. The van der Waals surface area contributed by atoms with Crippen molar-refractivity contribution in [2.75, 3.05) is 13.7 Å². The van der Waals surface area contributed by atoms with Crippen LogP contribution in [0.25, 0.3) is 0 Å². The molecule has 1 heterocycles. The van der Waals surface area contributed by atoms with Gasteiger partial charge in [-0.2, -0.15) is 0 Å². The molecule has 1 rings (SSSR count). The topological polar surface area (TPSA) is 64.3 Å². The second-order valence-electron chi connectivity index (χ2n) is 4.71. The van der Waals surface area contributed by atoms with Crippen LogP contribution in [0.3, 0.4) is 0 Å². The molecule has 14 heavy (non-hydrogen) atoms. The summed E-state index contributed by atoms with van der Waals surface area (Å²) in [4.78, 5) is 11.0. The van der Waals surface area contributed by atoms with Crippen LogP contribution in [0.4, 0.5) is 0 Å². The molecule has 1 fully saturated rings. The van der Waals surface area contributed by atoms with Crippen LogP contribution < -0.4 is 11.1 Å². The van der Waals surface area contributed by atoms with Gasteiger partial charge in [0.05, 0.1) is 5.60 Å². The Morgan fingerprint density at radius 3 is 2.64 bits per heavy atom. The van der Waals surface area contributed by atoms with Gasteiger partial charge in [0, 0.05) is 18.6 Å². The normalized spacial score (nSPS) is 31.4. The molecule has 4 heteroatoms. The van der Waals surface area contributed by atoms with Crippen molar-refractivity contribution in [2.24, 2.45) is 5.73 Å². The van der Waals surface area contributed by atoms with E-state index in [2.05, 4.69) is 5.32 Å². The van der Waals surface area contributed by atoms with Crippen molar-refractivity contribution in [3.63, 3.8) is 0 Å². The van der Waals surface area contributed by atoms with Crippen molar-refractivity contribution in [1.82, 2.24) is 5.32 Å². The summed E-state index contributed by atoms with van der Waals surface area (Å²) < 4.78 is 5.61. The number of amides is 1. The highest BCUT2D eigenvalue weighted by Crippen LogP contribution is 2.33. The van der Waals surface area contributed by atoms with E-state index >= 15 is 0 Å². The molecule has 0 bridgehead atoms. The zero-order chi connectivity index (χ0) is 10.8. The number of nitrogens with two attached hydrogens (primary N) is 1. The van der Waals surface area contributed by atoms with Crippen molar-refractivity contribution in [2.45, 2.75) is 44.2 Å². The highest BCUT2D eigenvalue weighted by atomic mass is 16.5. The number of carbonyl (C=O) groups is 1. The average molecular weight is 200 g/mol. The summed E-state index contributed by atoms with van der Waals surface area (Å²) in [6, 6.07) is 0. The van der Waals surface area contributed by atoms with Gasteiger partial charge in [0.25, 0.3) is 0 Å². The van der Waals surface area contributed by atoms with E-state index in [1.807, 2.05) is 20.9 Å². The minimum absolute atomic E-state index is 0.170. The lowest BCUT2D eigenvalue weighted by atomic mass is 9.79. The van der Waals surface area contributed by atoms with Gasteiger partial charge in [0.15, 0.2) is 0 Å². The fraction of sp³-hybridized carbons (Fsp3) is 0.900. The van der Waals surface area contributed by atoms with Crippen LogP contribution in [0, 0.1) is 0 Å². The second-order valence-corrected chi connectivity index (χ2v) is 4.71. The number of carbonyl (C=O) groups excluding carboxylic acids is 1. The van der Waals surface area contributed by atoms with Gasteiger partial charge in [0.1, 0.15) is 0 Å². The molecule has 0 aromatic heterocycles. The molecular formula is C10H20N2O2. The fourth-order valence-corrected chi connectivity index (χ4v) is 2.26. The summed E-state index contributed by atoms with van der Waals surface area (Å²) in [6.45, 7) is 4.76. The number of primary amides is 1.